The van der Waals surface area contributed by atoms with Crippen molar-refractivity contribution in [1.82, 2.24) is 0 Å². The number of ether oxygens (including phenoxy) is 6. The molecule has 0 bridgehead atoms. The lowest BCUT2D eigenvalue weighted by Gasteiger charge is -2.19. The van der Waals surface area contributed by atoms with Gasteiger partial charge in [0.15, 0.2) is 12.2 Å². The second kappa shape index (κ2) is 54.7. The summed E-state index contributed by atoms with van der Waals surface area (Å²) < 4.78 is 102. The predicted octanol–water partition coefficient (Wildman–Crippen LogP) is 13.6. The van der Waals surface area contributed by atoms with Gasteiger partial charge in [-0.25, -0.2) is 0 Å². The zero-order valence-electron chi connectivity index (χ0n) is 35.8. The Morgan fingerprint density at radius 2 is 0.692 bits per heavy atom. The van der Waals surface area contributed by atoms with Crippen molar-refractivity contribution in [2.24, 2.45) is 0 Å². The number of unbranched alkanes of at least 4 members (excludes halogenated alkanes) is 7. The Labute approximate surface area is 318 Å². The first kappa shape index (κ1) is 63.3. The van der Waals surface area contributed by atoms with Gasteiger partial charge in [-0.1, -0.05) is 92.9 Å². The fourth-order valence-electron chi connectivity index (χ4n) is 3.69. The van der Waals surface area contributed by atoms with Gasteiger partial charge in [0.2, 0.25) is 0 Å². The Kier molecular flexibility index (Phi) is 66.6. The zero-order chi connectivity index (χ0) is 41.4. The molecule has 0 aromatic carbocycles. The lowest BCUT2D eigenvalue weighted by molar-refractivity contribution is -0.221. The molecule has 324 valence electrons. The smallest absolute Gasteiger partial charge is 0.382 e. The van der Waals surface area contributed by atoms with E-state index in [0.717, 1.165) is 85.0 Å². The Balaban J connectivity index is -0.000000126. The molecule has 0 spiro atoms. The van der Waals surface area contributed by atoms with Crippen molar-refractivity contribution in [3.05, 3.63) is 0 Å². The van der Waals surface area contributed by atoms with Gasteiger partial charge in [0.1, 0.15) is 0 Å². The molecule has 0 aliphatic heterocycles. The number of rotatable bonds is 26. The maximum atomic E-state index is 12.3. The maximum absolute atomic E-state index is 12.3. The van der Waals surface area contributed by atoms with Crippen LogP contribution in [-0.4, -0.2) is 90.6 Å². The highest BCUT2D eigenvalue weighted by Gasteiger charge is 2.40. The van der Waals surface area contributed by atoms with Gasteiger partial charge in [-0.15, -0.1) is 0 Å². The van der Waals surface area contributed by atoms with E-state index in [1.54, 1.807) is 13.8 Å². The summed E-state index contributed by atoms with van der Waals surface area (Å²) in [6, 6.07) is 0. The Morgan fingerprint density at radius 3 is 0.962 bits per heavy atom. The predicted molar refractivity (Wildman–Crippen MR) is 208 cm³/mol. The van der Waals surface area contributed by atoms with Crippen LogP contribution in [0.1, 0.15) is 173 Å². The Morgan fingerprint density at radius 1 is 0.346 bits per heavy atom. The molecule has 0 aromatic rings. The summed E-state index contributed by atoms with van der Waals surface area (Å²) in [5, 5.41) is 0. The molecule has 0 radical (unpaired) electrons. The largest absolute Gasteiger partial charge is 0.414 e. The molecule has 6 nitrogen and oxygen atoms in total. The topological polar surface area (TPSA) is 55.4 Å². The van der Waals surface area contributed by atoms with Crippen molar-refractivity contribution < 1.29 is 54.8 Å². The molecule has 0 aliphatic carbocycles. The van der Waals surface area contributed by atoms with E-state index in [2.05, 4.69) is 37.2 Å². The second-order valence-electron chi connectivity index (χ2n) is 11.4. The van der Waals surface area contributed by atoms with Crippen molar-refractivity contribution in [3.8, 4) is 0 Å². The van der Waals surface area contributed by atoms with Crippen LogP contribution in [0.3, 0.4) is 0 Å². The standard InChI is InChI=1S/C10H19F3O.C8H18O.C6H11F3O.C6H14O.2C5H12O/c1-3-5-6-7-8-9(14-4-2)10(11,12)13;1-3-5-6-7-8-9-4-2;1-3-5(10-4-2)6(7,8)9;1-3-5-6-7-4-2;2*1-3-5-6-4-2/h9H,3-8H2,1-2H3;3-8H2,1-2H3;5H,3-4H2,1-2H3;3-6H2,1-2H3;2*3-5H2,1-2H3. The van der Waals surface area contributed by atoms with Crippen molar-refractivity contribution in [3.63, 3.8) is 0 Å². The van der Waals surface area contributed by atoms with Crippen molar-refractivity contribution in [2.75, 3.05) is 66.1 Å². The van der Waals surface area contributed by atoms with Gasteiger partial charge in [-0.05, 0) is 80.1 Å². The Hall–Kier alpha value is -0.660. The van der Waals surface area contributed by atoms with E-state index in [1.165, 1.54) is 45.4 Å². The average Bonchev–Trinajstić information content (AvgIpc) is 3.10. The van der Waals surface area contributed by atoms with Crippen LogP contribution in [-0.2, 0) is 28.4 Å². The van der Waals surface area contributed by atoms with Gasteiger partial charge in [0.05, 0.1) is 0 Å². The minimum atomic E-state index is -4.21. The molecular formula is C40H86F6O6. The van der Waals surface area contributed by atoms with E-state index in [-0.39, 0.29) is 26.1 Å². The van der Waals surface area contributed by atoms with Crippen LogP contribution < -0.4 is 0 Å². The molecule has 0 aromatic heterocycles. The summed E-state index contributed by atoms with van der Waals surface area (Å²) in [6.45, 7) is 30.7. The number of halogens is 6. The van der Waals surface area contributed by atoms with Gasteiger partial charge >= 0.3 is 12.4 Å². The van der Waals surface area contributed by atoms with Crippen LogP contribution in [0.15, 0.2) is 0 Å². The van der Waals surface area contributed by atoms with E-state index in [1.807, 2.05) is 34.6 Å². The summed E-state index contributed by atoms with van der Waals surface area (Å²) in [7, 11) is 0. The van der Waals surface area contributed by atoms with E-state index < -0.39 is 24.6 Å². The van der Waals surface area contributed by atoms with Crippen LogP contribution in [0.5, 0.6) is 0 Å². The first-order valence-corrected chi connectivity index (χ1v) is 20.4. The normalized spacial score (nSPS) is 11.9. The quantitative estimate of drug-likeness (QED) is 0.0644. The van der Waals surface area contributed by atoms with Crippen LogP contribution in [0, 0.1) is 0 Å². The summed E-state index contributed by atoms with van der Waals surface area (Å²) in [5.74, 6) is 0. The van der Waals surface area contributed by atoms with Gasteiger partial charge in [-0.3, -0.25) is 0 Å². The number of hydrogen-bond acceptors (Lipinski definition) is 6. The van der Waals surface area contributed by atoms with Gasteiger partial charge in [0, 0.05) is 66.1 Å². The molecule has 2 atom stereocenters. The van der Waals surface area contributed by atoms with E-state index in [0.29, 0.717) is 6.42 Å². The third kappa shape index (κ3) is 67.5. The average molecular weight is 777 g/mol. The number of hydrogen-bond donors (Lipinski definition) is 0. The van der Waals surface area contributed by atoms with E-state index in [4.69, 9.17) is 18.9 Å². The molecule has 0 fully saturated rings. The van der Waals surface area contributed by atoms with Crippen LogP contribution >= 0.6 is 0 Å². The van der Waals surface area contributed by atoms with E-state index in [9.17, 15) is 26.3 Å². The molecule has 0 rings (SSSR count). The van der Waals surface area contributed by atoms with Crippen LogP contribution in [0.2, 0.25) is 0 Å². The zero-order valence-corrected chi connectivity index (χ0v) is 35.8. The van der Waals surface area contributed by atoms with Gasteiger partial charge in [-0.2, -0.15) is 26.3 Å². The highest BCUT2D eigenvalue weighted by Crippen LogP contribution is 2.27. The summed E-state index contributed by atoms with van der Waals surface area (Å²) in [4.78, 5) is 0. The summed E-state index contributed by atoms with van der Waals surface area (Å²) in [5.41, 5.74) is 0. The van der Waals surface area contributed by atoms with Crippen molar-refractivity contribution in [1.29, 1.82) is 0 Å². The van der Waals surface area contributed by atoms with Gasteiger partial charge in [0.25, 0.3) is 0 Å². The lowest BCUT2D eigenvalue weighted by Crippen LogP contribution is -2.31. The van der Waals surface area contributed by atoms with Crippen molar-refractivity contribution >= 4 is 0 Å². The van der Waals surface area contributed by atoms with Crippen LogP contribution in [0.4, 0.5) is 26.3 Å². The molecule has 0 N–H and O–H groups in total. The number of alkyl halides is 6. The maximum Gasteiger partial charge on any atom is 0.414 e. The minimum absolute atomic E-state index is 0.0165. The molecule has 0 saturated carbocycles. The molecular weight excluding hydrogens is 690 g/mol. The summed E-state index contributed by atoms with van der Waals surface area (Å²) >= 11 is 0. The van der Waals surface area contributed by atoms with E-state index >= 15 is 0 Å². The first-order chi connectivity index (χ1) is 24.7. The molecule has 0 amide bonds. The fourth-order valence-corrected chi connectivity index (χ4v) is 3.69. The molecule has 0 heterocycles. The van der Waals surface area contributed by atoms with Crippen molar-refractivity contribution in [2.45, 2.75) is 198 Å². The second-order valence-corrected chi connectivity index (χ2v) is 11.4. The summed E-state index contributed by atoms with van der Waals surface area (Å²) in [6.07, 6.45) is 1.94. The monoisotopic (exact) mass is 777 g/mol. The molecule has 12 heteroatoms. The third-order valence-corrected chi connectivity index (χ3v) is 6.45. The third-order valence-electron chi connectivity index (χ3n) is 6.45. The van der Waals surface area contributed by atoms with Crippen LogP contribution in [0.25, 0.3) is 0 Å². The van der Waals surface area contributed by atoms with Gasteiger partial charge < -0.3 is 28.4 Å². The lowest BCUT2D eigenvalue weighted by atomic mass is 10.1. The fraction of sp³-hybridized carbons (Fsp3) is 1.00. The SMILES string of the molecule is CCCCCCC(OCC)C(F)(F)F.CCCCCCOCC.CCCCOCC.CCCOCC.CCCOCC.CCOC(CC)C(F)(F)F. The first-order valence-electron chi connectivity index (χ1n) is 20.4. The highest BCUT2D eigenvalue weighted by molar-refractivity contribution is 4.67. The minimum Gasteiger partial charge on any atom is -0.382 e. The molecule has 0 aliphatic rings. The molecule has 0 saturated heterocycles. The highest BCUT2D eigenvalue weighted by atomic mass is 19.4. The molecule has 2 unspecified atom stereocenters. The Bertz CT molecular complexity index is 544. The molecule has 52 heavy (non-hydrogen) atoms.